The van der Waals surface area contributed by atoms with E-state index in [0.29, 0.717) is 0 Å². The molecule has 114 valence electrons. The van der Waals surface area contributed by atoms with E-state index < -0.39 is 0 Å². The van der Waals surface area contributed by atoms with Crippen molar-refractivity contribution in [3.8, 4) is 5.69 Å². The van der Waals surface area contributed by atoms with Crippen LogP contribution in [0.25, 0.3) is 38.3 Å². The molecule has 0 aliphatic heterocycles. The van der Waals surface area contributed by atoms with E-state index in [1.54, 1.807) is 0 Å². The summed E-state index contributed by atoms with van der Waals surface area (Å²) < 4.78 is 2.26. The summed E-state index contributed by atoms with van der Waals surface area (Å²) in [6.45, 7) is 0. The van der Waals surface area contributed by atoms with E-state index in [-0.39, 0.29) is 0 Å². The summed E-state index contributed by atoms with van der Waals surface area (Å²) in [5, 5.41) is 5.53. The Morgan fingerprint density at radius 3 is 1.75 bits per heavy atom. The van der Waals surface area contributed by atoms with Gasteiger partial charge in [0.15, 0.2) is 0 Å². The highest BCUT2D eigenvalue weighted by Crippen LogP contribution is 2.36. The van der Waals surface area contributed by atoms with Gasteiger partial charge in [-0.05, 0) is 23.6 Å². The minimum absolute atomic E-state index is 0.791. The Labute approximate surface area is 144 Å². The van der Waals surface area contributed by atoms with Crippen molar-refractivity contribution in [3.05, 3.63) is 90.0 Å². The Morgan fingerprint density at radius 2 is 1.08 bits per heavy atom. The Kier molecular flexibility index (Phi) is 2.91. The predicted octanol–water partition coefficient (Wildman–Crippen LogP) is 6.59. The van der Waals surface area contributed by atoms with E-state index in [2.05, 4.69) is 77.4 Å². The van der Waals surface area contributed by atoms with Crippen LogP contribution < -0.4 is 0 Å². The van der Waals surface area contributed by atoms with Crippen molar-refractivity contribution in [2.45, 2.75) is 0 Å². The minimum Gasteiger partial charge on any atom is -0.308 e. The number of para-hydroxylation sites is 2. The topological polar surface area (TPSA) is 4.93 Å². The Balaban J connectivity index is 1.97. The zero-order valence-corrected chi connectivity index (χ0v) is 13.7. The van der Waals surface area contributed by atoms with E-state index in [4.69, 9.17) is 11.6 Å². The molecule has 2 heteroatoms. The molecule has 0 unspecified atom stereocenters. The van der Waals surface area contributed by atoms with Crippen LogP contribution in [0.4, 0.5) is 0 Å². The quantitative estimate of drug-likeness (QED) is 0.327. The molecule has 4 aromatic carbocycles. The molecule has 0 amide bonds. The fourth-order valence-corrected chi connectivity index (χ4v) is 3.90. The van der Waals surface area contributed by atoms with Gasteiger partial charge in [-0.25, -0.2) is 0 Å². The number of halogens is 1. The first-order chi connectivity index (χ1) is 11.8. The maximum atomic E-state index is 6.81. The van der Waals surface area contributed by atoms with Gasteiger partial charge in [0.25, 0.3) is 0 Å². The smallest absolute Gasteiger partial charge is 0.0725 e. The molecular formula is C22H14ClN. The molecule has 1 heterocycles. The molecule has 0 atom stereocenters. The Hall–Kier alpha value is -2.77. The number of fused-ring (bicyclic) bond motifs is 4. The molecule has 0 spiro atoms. The molecule has 5 aromatic rings. The lowest BCUT2D eigenvalue weighted by Crippen LogP contribution is -1.95. The number of nitrogens with zero attached hydrogens (tertiary/aromatic N) is 1. The Morgan fingerprint density at radius 1 is 0.542 bits per heavy atom. The van der Waals surface area contributed by atoms with Crippen molar-refractivity contribution in [2.24, 2.45) is 0 Å². The van der Waals surface area contributed by atoms with Crippen LogP contribution in [0.15, 0.2) is 84.9 Å². The number of hydrogen-bond donors (Lipinski definition) is 0. The third-order valence-electron chi connectivity index (χ3n) is 4.66. The van der Waals surface area contributed by atoms with Crippen molar-refractivity contribution >= 4 is 44.2 Å². The van der Waals surface area contributed by atoms with Crippen molar-refractivity contribution in [1.82, 2.24) is 4.57 Å². The molecule has 24 heavy (non-hydrogen) atoms. The average Bonchev–Trinajstić information content (AvgIpc) is 2.97. The molecule has 0 saturated heterocycles. The van der Waals surface area contributed by atoms with E-state index in [1.807, 2.05) is 12.1 Å². The number of benzene rings is 4. The zero-order valence-electron chi connectivity index (χ0n) is 12.9. The van der Waals surface area contributed by atoms with Crippen LogP contribution in [0.5, 0.6) is 0 Å². The van der Waals surface area contributed by atoms with Crippen molar-refractivity contribution < 1.29 is 0 Å². The van der Waals surface area contributed by atoms with Crippen LogP contribution in [-0.4, -0.2) is 4.57 Å². The van der Waals surface area contributed by atoms with Gasteiger partial charge in [0.2, 0.25) is 0 Å². The standard InChI is InChI=1S/C22H14ClN/c23-22-16-8-2-1-7-15(16)13-14-21(22)24-19-11-5-3-9-17(19)18-10-4-6-12-20(18)24/h1-14H. The van der Waals surface area contributed by atoms with Gasteiger partial charge < -0.3 is 4.57 Å². The Bertz CT molecular complexity index is 1160. The highest BCUT2D eigenvalue weighted by atomic mass is 35.5. The summed E-state index contributed by atoms with van der Waals surface area (Å²) in [5.74, 6) is 0. The van der Waals surface area contributed by atoms with Crippen LogP contribution in [0, 0.1) is 0 Å². The minimum atomic E-state index is 0.791. The molecule has 0 saturated carbocycles. The van der Waals surface area contributed by atoms with Gasteiger partial charge in [0.1, 0.15) is 0 Å². The van der Waals surface area contributed by atoms with Gasteiger partial charge >= 0.3 is 0 Å². The van der Waals surface area contributed by atoms with Crippen LogP contribution in [0.3, 0.4) is 0 Å². The fourth-order valence-electron chi connectivity index (χ4n) is 3.58. The summed E-state index contributed by atoms with van der Waals surface area (Å²) in [7, 11) is 0. The second kappa shape index (κ2) is 5.12. The van der Waals surface area contributed by atoms with E-state index in [9.17, 15) is 0 Å². The highest BCUT2D eigenvalue weighted by Gasteiger charge is 2.14. The summed E-state index contributed by atoms with van der Waals surface area (Å²) in [6.07, 6.45) is 0. The van der Waals surface area contributed by atoms with Gasteiger partial charge in [-0.3, -0.25) is 0 Å². The maximum absolute atomic E-state index is 6.81. The molecule has 0 radical (unpaired) electrons. The number of hydrogen-bond acceptors (Lipinski definition) is 0. The largest absolute Gasteiger partial charge is 0.308 e. The first-order valence-corrected chi connectivity index (χ1v) is 8.38. The lowest BCUT2D eigenvalue weighted by Gasteiger charge is -2.12. The highest BCUT2D eigenvalue weighted by molar-refractivity contribution is 6.37. The average molecular weight is 328 g/mol. The monoisotopic (exact) mass is 327 g/mol. The predicted molar refractivity (Wildman–Crippen MR) is 103 cm³/mol. The van der Waals surface area contributed by atoms with Crippen LogP contribution >= 0.6 is 11.6 Å². The molecule has 0 aliphatic rings. The van der Waals surface area contributed by atoms with E-state index >= 15 is 0 Å². The third kappa shape index (κ3) is 1.82. The van der Waals surface area contributed by atoms with E-state index in [0.717, 1.165) is 21.5 Å². The lowest BCUT2D eigenvalue weighted by atomic mass is 10.1. The second-order valence-electron chi connectivity index (χ2n) is 5.99. The molecule has 0 N–H and O–H groups in total. The fraction of sp³-hybridized carbons (Fsp3) is 0. The molecule has 0 bridgehead atoms. The van der Waals surface area contributed by atoms with Crippen LogP contribution in [0.1, 0.15) is 0 Å². The number of rotatable bonds is 1. The molecule has 1 aromatic heterocycles. The molecule has 5 rings (SSSR count). The first kappa shape index (κ1) is 13.6. The second-order valence-corrected chi connectivity index (χ2v) is 6.37. The van der Waals surface area contributed by atoms with Gasteiger partial charge in [0.05, 0.1) is 21.7 Å². The molecular weight excluding hydrogens is 314 g/mol. The maximum Gasteiger partial charge on any atom is 0.0725 e. The summed E-state index contributed by atoms with van der Waals surface area (Å²) in [5.41, 5.74) is 3.37. The molecule has 1 nitrogen and oxygen atoms in total. The third-order valence-corrected chi connectivity index (χ3v) is 5.06. The summed E-state index contributed by atoms with van der Waals surface area (Å²) >= 11 is 6.81. The summed E-state index contributed by atoms with van der Waals surface area (Å²) in [6, 6.07) is 29.5. The van der Waals surface area contributed by atoms with Gasteiger partial charge in [-0.1, -0.05) is 78.3 Å². The molecule has 0 aliphatic carbocycles. The number of aromatic nitrogens is 1. The van der Waals surface area contributed by atoms with Gasteiger partial charge in [-0.2, -0.15) is 0 Å². The van der Waals surface area contributed by atoms with Crippen LogP contribution in [-0.2, 0) is 0 Å². The lowest BCUT2D eigenvalue weighted by molar-refractivity contribution is 1.19. The van der Waals surface area contributed by atoms with E-state index in [1.165, 1.54) is 21.8 Å². The van der Waals surface area contributed by atoms with Crippen molar-refractivity contribution in [1.29, 1.82) is 0 Å². The normalized spacial score (nSPS) is 11.5. The van der Waals surface area contributed by atoms with Crippen LogP contribution in [0.2, 0.25) is 5.02 Å². The van der Waals surface area contributed by atoms with Gasteiger partial charge in [0, 0.05) is 16.2 Å². The summed E-state index contributed by atoms with van der Waals surface area (Å²) in [4.78, 5) is 0. The van der Waals surface area contributed by atoms with Crippen molar-refractivity contribution in [3.63, 3.8) is 0 Å². The van der Waals surface area contributed by atoms with Gasteiger partial charge in [-0.15, -0.1) is 0 Å². The first-order valence-electron chi connectivity index (χ1n) is 8.00. The SMILES string of the molecule is Clc1c(-n2c3ccccc3c3ccccc32)ccc2ccccc12. The zero-order chi connectivity index (χ0) is 16.1. The molecule has 0 fully saturated rings. The van der Waals surface area contributed by atoms with Crippen molar-refractivity contribution in [2.75, 3.05) is 0 Å².